The highest BCUT2D eigenvalue weighted by Gasteiger charge is 2.16. The molecule has 2 aromatic carbocycles. The first-order valence-corrected chi connectivity index (χ1v) is 8.48. The van der Waals surface area contributed by atoms with Gasteiger partial charge in [-0.2, -0.15) is 5.26 Å². The number of para-hydroxylation sites is 2. The smallest absolute Gasteiger partial charge is 0.262 e. The fraction of sp³-hybridized carbons (Fsp3) is 0.333. The highest BCUT2D eigenvalue weighted by molar-refractivity contribution is 5.93. The van der Waals surface area contributed by atoms with Gasteiger partial charge < -0.3 is 10.1 Å². The topological polar surface area (TPSA) is 62.1 Å². The molecular formula is C21H24N2O2. The second kappa shape index (κ2) is 8.34. The van der Waals surface area contributed by atoms with Crippen LogP contribution in [-0.4, -0.2) is 12.5 Å². The molecule has 0 unspecified atom stereocenters. The van der Waals surface area contributed by atoms with Crippen molar-refractivity contribution in [3.63, 3.8) is 0 Å². The molecule has 1 amide bonds. The van der Waals surface area contributed by atoms with E-state index in [0.717, 1.165) is 16.8 Å². The highest BCUT2D eigenvalue weighted by Crippen LogP contribution is 2.32. The molecular weight excluding hydrogens is 312 g/mol. The number of ether oxygens (including phenoxy) is 1. The number of nitrogens with zero attached hydrogens (tertiary/aromatic N) is 1. The predicted octanol–water partition coefficient (Wildman–Crippen LogP) is 4.82. The molecule has 0 bridgehead atoms. The normalized spacial score (nSPS) is 10.6. The number of nitrogens with one attached hydrogen (secondary N) is 1. The first-order valence-electron chi connectivity index (χ1n) is 8.48. The third-order valence-electron chi connectivity index (χ3n) is 4.00. The molecule has 0 saturated heterocycles. The van der Waals surface area contributed by atoms with Crippen LogP contribution in [0.4, 0.5) is 5.69 Å². The van der Waals surface area contributed by atoms with E-state index in [-0.39, 0.29) is 12.5 Å². The summed E-state index contributed by atoms with van der Waals surface area (Å²) in [7, 11) is 0. The summed E-state index contributed by atoms with van der Waals surface area (Å²) in [5.74, 6) is 0.785. The lowest BCUT2D eigenvalue weighted by atomic mass is 9.92. The van der Waals surface area contributed by atoms with Gasteiger partial charge >= 0.3 is 0 Å². The lowest BCUT2D eigenvalue weighted by molar-refractivity contribution is -0.118. The molecule has 4 nitrogen and oxygen atoms in total. The van der Waals surface area contributed by atoms with Crippen molar-refractivity contribution in [2.24, 2.45) is 0 Å². The Balaban J connectivity index is 2.16. The van der Waals surface area contributed by atoms with E-state index in [2.05, 4.69) is 39.1 Å². The van der Waals surface area contributed by atoms with Gasteiger partial charge in [0.15, 0.2) is 6.61 Å². The maximum absolute atomic E-state index is 12.4. The van der Waals surface area contributed by atoms with Crippen LogP contribution >= 0.6 is 0 Å². The minimum atomic E-state index is -0.234. The maximum atomic E-state index is 12.4. The zero-order valence-electron chi connectivity index (χ0n) is 15.2. The van der Waals surface area contributed by atoms with Crippen molar-refractivity contribution in [2.75, 3.05) is 11.9 Å². The van der Waals surface area contributed by atoms with Crippen molar-refractivity contribution in [2.45, 2.75) is 39.5 Å². The van der Waals surface area contributed by atoms with Crippen LogP contribution < -0.4 is 10.1 Å². The van der Waals surface area contributed by atoms with Crippen molar-refractivity contribution in [1.29, 1.82) is 5.26 Å². The largest absolute Gasteiger partial charge is 0.482 e. The SMILES string of the molecule is CC(C)c1cccc(C(C)C)c1NC(=O)COc1ccccc1C#N. The molecule has 2 rings (SSSR count). The highest BCUT2D eigenvalue weighted by atomic mass is 16.5. The third kappa shape index (κ3) is 4.60. The average molecular weight is 336 g/mol. The van der Waals surface area contributed by atoms with Crippen LogP contribution in [0.2, 0.25) is 0 Å². The lowest BCUT2D eigenvalue weighted by Crippen LogP contribution is -2.22. The third-order valence-corrected chi connectivity index (χ3v) is 4.00. The lowest BCUT2D eigenvalue weighted by Gasteiger charge is -2.20. The number of benzene rings is 2. The molecule has 0 heterocycles. The Labute approximate surface area is 149 Å². The van der Waals surface area contributed by atoms with Gasteiger partial charge in [0, 0.05) is 5.69 Å². The Hall–Kier alpha value is -2.80. The van der Waals surface area contributed by atoms with Gasteiger partial charge in [0.05, 0.1) is 5.56 Å². The van der Waals surface area contributed by atoms with E-state index < -0.39 is 0 Å². The number of hydrogen-bond donors (Lipinski definition) is 1. The van der Waals surface area contributed by atoms with Crippen molar-refractivity contribution < 1.29 is 9.53 Å². The minimum Gasteiger partial charge on any atom is -0.482 e. The van der Waals surface area contributed by atoms with Gasteiger partial charge in [-0.05, 0) is 35.1 Å². The van der Waals surface area contributed by atoms with E-state index in [9.17, 15) is 4.79 Å². The molecule has 0 aliphatic rings. The molecule has 0 aliphatic heterocycles. The Morgan fingerprint density at radius 1 is 1.04 bits per heavy atom. The van der Waals surface area contributed by atoms with E-state index >= 15 is 0 Å². The number of hydrogen-bond acceptors (Lipinski definition) is 3. The predicted molar refractivity (Wildman–Crippen MR) is 99.9 cm³/mol. The van der Waals surface area contributed by atoms with Crippen LogP contribution in [0, 0.1) is 11.3 Å². The van der Waals surface area contributed by atoms with Crippen molar-refractivity contribution in [1.82, 2.24) is 0 Å². The second-order valence-corrected chi connectivity index (χ2v) is 6.57. The summed E-state index contributed by atoms with van der Waals surface area (Å²) in [6.07, 6.45) is 0. The maximum Gasteiger partial charge on any atom is 0.262 e. The molecule has 0 radical (unpaired) electrons. The molecule has 4 heteroatoms. The van der Waals surface area contributed by atoms with Crippen LogP contribution in [0.25, 0.3) is 0 Å². The summed E-state index contributed by atoms with van der Waals surface area (Å²) >= 11 is 0. The molecule has 1 N–H and O–H groups in total. The average Bonchev–Trinajstić information content (AvgIpc) is 2.59. The summed E-state index contributed by atoms with van der Waals surface area (Å²) < 4.78 is 5.53. The quantitative estimate of drug-likeness (QED) is 0.822. The number of carbonyl (C=O) groups is 1. The molecule has 0 spiro atoms. The molecule has 0 atom stereocenters. The van der Waals surface area contributed by atoms with Gasteiger partial charge in [-0.3, -0.25) is 4.79 Å². The summed E-state index contributed by atoms with van der Waals surface area (Å²) in [5, 5.41) is 12.1. The van der Waals surface area contributed by atoms with Crippen molar-refractivity contribution in [3.8, 4) is 11.8 Å². The van der Waals surface area contributed by atoms with Crippen LogP contribution in [-0.2, 0) is 4.79 Å². The Kier molecular flexibility index (Phi) is 6.19. The van der Waals surface area contributed by atoms with Gasteiger partial charge in [-0.15, -0.1) is 0 Å². The zero-order chi connectivity index (χ0) is 18.4. The Bertz CT molecular complexity index is 762. The number of amides is 1. The summed E-state index contributed by atoms with van der Waals surface area (Å²) in [6, 6.07) is 15.1. The second-order valence-electron chi connectivity index (χ2n) is 6.57. The standard InChI is InChI=1S/C21H24N2O2/c1-14(2)17-9-7-10-18(15(3)4)21(17)23-20(24)13-25-19-11-6-5-8-16(19)12-22/h5-11,14-15H,13H2,1-4H3,(H,23,24). The van der Waals surface area contributed by atoms with E-state index in [1.165, 1.54) is 0 Å². The van der Waals surface area contributed by atoms with Gasteiger partial charge in [0.25, 0.3) is 5.91 Å². The van der Waals surface area contributed by atoms with Crippen molar-refractivity contribution >= 4 is 11.6 Å². The number of anilines is 1. The van der Waals surface area contributed by atoms with Gasteiger partial charge in [0.1, 0.15) is 11.8 Å². The fourth-order valence-corrected chi connectivity index (χ4v) is 2.70. The fourth-order valence-electron chi connectivity index (χ4n) is 2.70. The van der Waals surface area contributed by atoms with Gasteiger partial charge in [0.2, 0.25) is 0 Å². The molecule has 0 saturated carbocycles. The summed E-state index contributed by atoms with van der Waals surface area (Å²) in [6.45, 7) is 8.29. The molecule has 2 aromatic rings. The monoisotopic (exact) mass is 336 g/mol. The van der Waals surface area contributed by atoms with Crippen LogP contribution in [0.15, 0.2) is 42.5 Å². The summed E-state index contributed by atoms with van der Waals surface area (Å²) in [5.41, 5.74) is 3.50. The molecule has 25 heavy (non-hydrogen) atoms. The zero-order valence-corrected chi connectivity index (χ0v) is 15.2. The Morgan fingerprint density at radius 2 is 1.64 bits per heavy atom. The van der Waals surface area contributed by atoms with Crippen LogP contribution in [0.3, 0.4) is 0 Å². The minimum absolute atomic E-state index is 0.136. The van der Waals surface area contributed by atoms with Crippen LogP contribution in [0.1, 0.15) is 56.2 Å². The molecule has 0 aromatic heterocycles. The number of nitriles is 1. The van der Waals surface area contributed by atoms with Crippen molar-refractivity contribution in [3.05, 3.63) is 59.2 Å². The van der Waals surface area contributed by atoms with E-state index in [0.29, 0.717) is 23.1 Å². The summed E-state index contributed by atoms with van der Waals surface area (Å²) in [4.78, 5) is 12.4. The van der Waals surface area contributed by atoms with Gasteiger partial charge in [-0.1, -0.05) is 58.0 Å². The van der Waals surface area contributed by atoms with E-state index in [4.69, 9.17) is 10.00 Å². The molecule has 130 valence electrons. The molecule has 0 fully saturated rings. The van der Waals surface area contributed by atoms with Gasteiger partial charge in [-0.25, -0.2) is 0 Å². The van der Waals surface area contributed by atoms with E-state index in [1.807, 2.05) is 18.2 Å². The number of rotatable bonds is 6. The first kappa shape index (κ1) is 18.5. The Morgan fingerprint density at radius 3 is 2.20 bits per heavy atom. The van der Waals surface area contributed by atoms with E-state index in [1.54, 1.807) is 24.3 Å². The van der Waals surface area contributed by atoms with Crippen LogP contribution in [0.5, 0.6) is 5.75 Å². The first-order chi connectivity index (χ1) is 11.9. The molecule has 0 aliphatic carbocycles. The number of carbonyl (C=O) groups excluding carboxylic acids is 1.